The lowest BCUT2D eigenvalue weighted by Crippen LogP contribution is -2.17. The molecule has 0 spiro atoms. The Morgan fingerprint density at radius 1 is 1.44 bits per heavy atom. The van der Waals surface area contributed by atoms with E-state index in [0.29, 0.717) is 6.42 Å². The van der Waals surface area contributed by atoms with E-state index >= 15 is 0 Å². The summed E-state index contributed by atoms with van der Waals surface area (Å²) in [6, 6.07) is 0. The summed E-state index contributed by atoms with van der Waals surface area (Å²) in [5.74, 6) is 0.165. The highest BCUT2D eigenvalue weighted by Crippen LogP contribution is 2.08. The molecule has 56 valence electrons. The van der Waals surface area contributed by atoms with Gasteiger partial charge in [-0.2, -0.15) is 0 Å². The SMILES string of the molecule is CNCCC(F)C(C)C. The molecule has 0 aromatic carbocycles. The number of hydrogen-bond acceptors (Lipinski definition) is 1. The molecule has 1 unspecified atom stereocenters. The molecule has 0 aromatic rings. The van der Waals surface area contributed by atoms with Gasteiger partial charge in [0.15, 0.2) is 0 Å². The monoisotopic (exact) mass is 133 g/mol. The van der Waals surface area contributed by atoms with Gasteiger partial charge in [-0.25, -0.2) is 4.39 Å². The lowest BCUT2D eigenvalue weighted by molar-refractivity contribution is 0.240. The Balaban J connectivity index is 3.16. The van der Waals surface area contributed by atoms with Gasteiger partial charge in [0.05, 0.1) is 0 Å². The number of rotatable bonds is 4. The highest BCUT2D eigenvalue weighted by Gasteiger charge is 2.09. The molecule has 0 fully saturated rings. The van der Waals surface area contributed by atoms with Gasteiger partial charge in [0, 0.05) is 0 Å². The van der Waals surface area contributed by atoms with Gasteiger partial charge in [0.25, 0.3) is 0 Å². The first-order chi connectivity index (χ1) is 4.18. The average molecular weight is 133 g/mol. The summed E-state index contributed by atoms with van der Waals surface area (Å²) >= 11 is 0. The Morgan fingerprint density at radius 2 is 2.00 bits per heavy atom. The van der Waals surface area contributed by atoms with Gasteiger partial charge in [-0.1, -0.05) is 13.8 Å². The van der Waals surface area contributed by atoms with Gasteiger partial charge < -0.3 is 5.32 Å². The van der Waals surface area contributed by atoms with Gasteiger partial charge in [-0.05, 0) is 25.9 Å². The zero-order chi connectivity index (χ0) is 7.28. The number of nitrogens with one attached hydrogen (secondary N) is 1. The Hall–Kier alpha value is -0.110. The van der Waals surface area contributed by atoms with Crippen molar-refractivity contribution in [2.24, 2.45) is 5.92 Å². The van der Waals surface area contributed by atoms with E-state index in [1.54, 1.807) is 0 Å². The fourth-order valence-electron chi connectivity index (χ4n) is 0.616. The maximum atomic E-state index is 12.7. The Morgan fingerprint density at radius 3 is 2.33 bits per heavy atom. The number of alkyl halides is 1. The topological polar surface area (TPSA) is 12.0 Å². The fraction of sp³-hybridized carbons (Fsp3) is 1.00. The van der Waals surface area contributed by atoms with E-state index < -0.39 is 6.17 Å². The Kier molecular flexibility index (Phi) is 4.68. The zero-order valence-electron chi connectivity index (χ0n) is 6.45. The lowest BCUT2D eigenvalue weighted by atomic mass is 10.1. The summed E-state index contributed by atoms with van der Waals surface area (Å²) in [5.41, 5.74) is 0. The van der Waals surface area contributed by atoms with E-state index in [9.17, 15) is 4.39 Å². The summed E-state index contributed by atoms with van der Waals surface area (Å²) in [6.45, 7) is 4.58. The van der Waals surface area contributed by atoms with E-state index in [4.69, 9.17) is 0 Å². The molecule has 0 aromatic heterocycles. The predicted molar refractivity (Wildman–Crippen MR) is 38.3 cm³/mol. The van der Waals surface area contributed by atoms with Crippen LogP contribution in [0, 0.1) is 5.92 Å². The largest absolute Gasteiger partial charge is 0.320 e. The summed E-state index contributed by atoms with van der Waals surface area (Å²) in [4.78, 5) is 0. The van der Waals surface area contributed by atoms with Gasteiger partial charge in [0.2, 0.25) is 0 Å². The summed E-state index contributed by atoms with van der Waals surface area (Å²) < 4.78 is 12.7. The van der Waals surface area contributed by atoms with Crippen molar-refractivity contribution in [3.8, 4) is 0 Å². The van der Waals surface area contributed by atoms with Crippen LogP contribution < -0.4 is 5.32 Å². The van der Waals surface area contributed by atoms with Crippen molar-refractivity contribution < 1.29 is 4.39 Å². The molecule has 0 bridgehead atoms. The maximum Gasteiger partial charge on any atom is 0.104 e. The molecule has 0 rings (SSSR count). The molecule has 2 heteroatoms. The third-order valence-electron chi connectivity index (χ3n) is 1.39. The van der Waals surface area contributed by atoms with Crippen LogP contribution in [-0.2, 0) is 0 Å². The van der Waals surface area contributed by atoms with E-state index in [0.717, 1.165) is 6.54 Å². The van der Waals surface area contributed by atoms with Crippen LogP contribution in [0.1, 0.15) is 20.3 Å². The smallest absolute Gasteiger partial charge is 0.104 e. The molecule has 0 heterocycles. The molecule has 1 N–H and O–H groups in total. The zero-order valence-corrected chi connectivity index (χ0v) is 6.45. The molecule has 0 aliphatic heterocycles. The molecule has 1 nitrogen and oxygen atoms in total. The Labute approximate surface area is 56.6 Å². The molecule has 0 saturated carbocycles. The van der Waals surface area contributed by atoms with Crippen molar-refractivity contribution in [3.05, 3.63) is 0 Å². The van der Waals surface area contributed by atoms with Gasteiger partial charge >= 0.3 is 0 Å². The normalized spacial score (nSPS) is 14.3. The molecular weight excluding hydrogens is 117 g/mol. The standard InChI is InChI=1S/C7H16FN/c1-6(2)7(8)4-5-9-3/h6-7,9H,4-5H2,1-3H3. The quantitative estimate of drug-likeness (QED) is 0.614. The van der Waals surface area contributed by atoms with Crippen LogP contribution in [0.4, 0.5) is 4.39 Å². The first kappa shape index (κ1) is 8.89. The van der Waals surface area contributed by atoms with Crippen LogP contribution in [0.5, 0.6) is 0 Å². The van der Waals surface area contributed by atoms with Crippen molar-refractivity contribution in [3.63, 3.8) is 0 Å². The molecule has 0 radical (unpaired) electrons. The van der Waals surface area contributed by atoms with Crippen molar-refractivity contribution in [1.82, 2.24) is 5.32 Å². The molecule has 0 aliphatic rings. The highest BCUT2D eigenvalue weighted by molar-refractivity contribution is 4.60. The first-order valence-corrected chi connectivity index (χ1v) is 3.47. The third kappa shape index (κ3) is 4.40. The molecule has 1 atom stereocenters. The van der Waals surface area contributed by atoms with Crippen LogP contribution in [0.25, 0.3) is 0 Å². The Bertz CT molecular complexity index is 63.9. The lowest BCUT2D eigenvalue weighted by Gasteiger charge is -2.10. The fourth-order valence-corrected chi connectivity index (χ4v) is 0.616. The molecular formula is C7H16FN. The van der Waals surface area contributed by atoms with Crippen molar-refractivity contribution in [1.29, 1.82) is 0 Å². The summed E-state index contributed by atoms with van der Waals surface area (Å²) in [5, 5.41) is 2.91. The highest BCUT2D eigenvalue weighted by atomic mass is 19.1. The maximum absolute atomic E-state index is 12.7. The van der Waals surface area contributed by atoms with Crippen LogP contribution >= 0.6 is 0 Å². The minimum Gasteiger partial charge on any atom is -0.320 e. The molecule has 0 aliphatic carbocycles. The van der Waals surface area contributed by atoms with Crippen molar-refractivity contribution in [2.45, 2.75) is 26.4 Å². The minimum atomic E-state index is -0.641. The van der Waals surface area contributed by atoms with Crippen LogP contribution in [-0.4, -0.2) is 19.8 Å². The number of hydrogen-bond donors (Lipinski definition) is 1. The average Bonchev–Trinajstić information content (AvgIpc) is 1.82. The van der Waals surface area contributed by atoms with Gasteiger partial charge in [-0.3, -0.25) is 0 Å². The predicted octanol–water partition coefficient (Wildman–Crippen LogP) is 1.59. The summed E-state index contributed by atoms with van der Waals surface area (Å²) in [7, 11) is 1.84. The second-order valence-corrected chi connectivity index (χ2v) is 2.65. The third-order valence-corrected chi connectivity index (χ3v) is 1.39. The van der Waals surface area contributed by atoms with E-state index in [2.05, 4.69) is 5.32 Å². The molecule has 9 heavy (non-hydrogen) atoms. The van der Waals surface area contributed by atoms with Crippen molar-refractivity contribution >= 4 is 0 Å². The van der Waals surface area contributed by atoms with E-state index in [1.807, 2.05) is 20.9 Å². The second kappa shape index (κ2) is 4.74. The minimum absolute atomic E-state index is 0.165. The van der Waals surface area contributed by atoms with Crippen LogP contribution in [0.2, 0.25) is 0 Å². The van der Waals surface area contributed by atoms with Crippen molar-refractivity contribution in [2.75, 3.05) is 13.6 Å². The van der Waals surface area contributed by atoms with Gasteiger partial charge in [0.1, 0.15) is 6.17 Å². The molecule has 0 amide bonds. The van der Waals surface area contributed by atoms with Crippen LogP contribution in [0.15, 0.2) is 0 Å². The van der Waals surface area contributed by atoms with E-state index in [1.165, 1.54) is 0 Å². The second-order valence-electron chi connectivity index (χ2n) is 2.65. The van der Waals surface area contributed by atoms with Gasteiger partial charge in [-0.15, -0.1) is 0 Å². The number of halogens is 1. The van der Waals surface area contributed by atoms with E-state index in [-0.39, 0.29) is 5.92 Å². The van der Waals surface area contributed by atoms with Crippen LogP contribution in [0.3, 0.4) is 0 Å². The first-order valence-electron chi connectivity index (χ1n) is 3.47. The summed E-state index contributed by atoms with van der Waals surface area (Å²) in [6.07, 6.45) is -0.00815. The molecule has 0 saturated heterocycles.